The van der Waals surface area contributed by atoms with Crippen LogP contribution >= 0.6 is 11.6 Å². The van der Waals surface area contributed by atoms with E-state index in [-0.39, 0.29) is 17.4 Å². The highest BCUT2D eigenvalue weighted by molar-refractivity contribution is 6.34. The van der Waals surface area contributed by atoms with Crippen molar-refractivity contribution in [1.29, 1.82) is 0 Å². The fourth-order valence-corrected chi connectivity index (χ4v) is 2.02. The van der Waals surface area contributed by atoms with E-state index in [0.717, 1.165) is 12.1 Å². The third-order valence-corrected chi connectivity index (χ3v) is 3.41. The van der Waals surface area contributed by atoms with Gasteiger partial charge in [-0.05, 0) is 36.2 Å². The average Bonchev–Trinajstić information content (AvgIpc) is 2.48. The second-order valence-electron chi connectivity index (χ2n) is 4.45. The number of hydrogen-bond acceptors (Lipinski definition) is 3. The van der Waals surface area contributed by atoms with Crippen LogP contribution in [0.2, 0.25) is 5.02 Å². The molecule has 0 bridgehead atoms. The zero-order chi connectivity index (χ0) is 14.7. The summed E-state index contributed by atoms with van der Waals surface area (Å²) in [5.74, 6) is -0.0148. The Bertz CT molecular complexity index is 626. The van der Waals surface area contributed by atoms with E-state index in [1.807, 2.05) is 24.3 Å². The maximum Gasteiger partial charge on any atom is 0.278 e. The van der Waals surface area contributed by atoms with Crippen LogP contribution in [0.3, 0.4) is 0 Å². The Morgan fingerprint density at radius 2 is 1.90 bits per heavy atom. The van der Waals surface area contributed by atoms with Gasteiger partial charge in [-0.1, -0.05) is 30.7 Å². The zero-order valence-electron chi connectivity index (χ0n) is 11.4. The monoisotopic (exact) mass is 289 g/mol. The van der Waals surface area contributed by atoms with Crippen molar-refractivity contribution in [2.75, 3.05) is 17.7 Å². The molecule has 0 saturated carbocycles. The van der Waals surface area contributed by atoms with Crippen LogP contribution in [0.25, 0.3) is 0 Å². The van der Waals surface area contributed by atoms with Gasteiger partial charge in [0.05, 0.1) is 5.02 Å². The number of anilines is 2. The van der Waals surface area contributed by atoms with Crippen molar-refractivity contribution in [3.05, 3.63) is 52.7 Å². The smallest absolute Gasteiger partial charge is 0.278 e. The highest BCUT2D eigenvalue weighted by Gasteiger charge is 2.18. The maximum absolute atomic E-state index is 12.4. The average molecular weight is 290 g/mol. The van der Waals surface area contributed by atoms with Crippen LogP contribution < -0.4 is 10.6 Å². The molecule has 104 valence electrons. The minimum absolute atomic E-state index is 0.161. The Balaban J connectivity index is 2.29. The molecule has 2 N–H and O–H groups in total. The van der Waals surface area contributed by atoms with Gasteiger partial charge in [-0.15, -0.1) is 0 Å². The van der Waals surface area contributed by atoms with Crippen molar-refractivity contribution in [3.63, 3.8) is 0 Å². The third-order valence-electron chi connectivity index (χ3n) is 3.11. The predicted octanol–water partition coefficient (Wildman–Crippen LogP) is 3.16. The van der Waals surface area contributed by atoms with Crippen LogP contribution in [0, 0.1) is 0 Å². The molecule has 1 aromatic carbocycles. The molecule has 1 aromatic heterocycles. The molecule has 0 saturated heterocycles. The molecule has 2 aromatic rings. The number of nitrogen functional groups attached to an aromatic ring is 1. The molecule has 0 fully saturated rings. The largest absolute Gasteiger partial charge is 0.384 e. The maximum atomic E-state index is 12.4. The number of rotatable bonds is 3. The fraction of sp³-hybridized carbons (Fsp3) is 0.200. The molecule has 0 unspecified atom stereocenters. The van der Waals surface area contributed by atoms with E-state index < -0.39 is 0 Å². The first kappa shape index (κ1) is 14.3. The minimum atomic E-state index is -0.286. The van der Waals surface area contributed by atoms with E-state index in [1.54, 1.807) is 19.2 Å². The number of amides is 1. The topological polar surface area (TPSA) is 59.2 Å². The Labute approximate surface area is 123 Å². The highest BCUT2D eigenvalue weighted by Crippen LogP contribution is 2.21. The number of hydrogen-bond donors (Lipinski definition) is 1. The van der Waals surface area contributed by atoms with Crippen molar-refractivity contribution in [3.8, 4) is 0 Å². The van der Waals surface area contributed by atoms with E-state index in [1.165, 1.54) is 10.5 Å². The summed E-state index contributed by atoms with van der Waals surface area (Å²) in [5, 5.41) is 0.293. The number of nitrogens with two attached hydrogens (primary N) is 1. The van der Waals surface area contributed by atoms with Crippen LogP contribution in [0.1, 0.15) is 23.0 Å². The van der Waals surface area contributed by atoms with Crippen molar-refractivity contribution >= 4 is 29.0 Å². The first-order valence-electron chi connectivity index (χ1n) is 6.32. The molecule has 0 radical (unpaired) electrons. The normalized spacial score (nSPS) is 10.3. The van der Waals surface area contributed by atoms with Crippen molar-refractivity contribution < 1.29 is 4.79 Å². The summed E-state index contributed by atoms with van der Waals surface area (Å²) < 4.78 is 0. The number of carbonyl (C=O) groups excluding carboxylic acids is 1. The van der Waals surface area contributed by atoms with Crippen LogP contribution in [0.4, 0.5) is 11.5 Å². The lowest BCUT2D eigenvalue weighted by molar-refractivity contribution is 0.0988. The van der Waals surface area contributed by atoms with Gasteiger partial charge in [0.25, 0.3) is 5.91 Å². The number of pyridine rings is 1. The standard InChI is InChI=1S/C15H16ClN3O/c1-3-10-4-6-11(7-5-10)19(2)15(20)14-12(16)8-9-13(17)18-14/h4-9H,3H2,1-2H3,(H2,17,18). The lowest BCUT2D eigenvalue weighted by Crippen LogP contribution is -2.27. The van der Waals surface area contributed by atoms with Crippen LogP contribution in [-0.2, 0) is 6.42 Å². The molecule has 1 amide bonds. The lowest BCUT2D eigenvalue weighted by atomic mass is 10.1. The Hall–Kier alpha value is -2.07. The molecule has 5 heteroatoms. The molecular formula is C15H16ClN3O. The van der Waals surface area contributed by atoms with E-state index in [9.17, 15) is 4.79 Å². The summed E-state index contributed by atoms with van der Waals surface area (Å²) >= 11 is 6.00. The van der Waals surface area contributed by atoms with Gasteiger partial charge in [0.1, 0.15) is 11.5 Å². The van der Waals surface area contributed by atoms with Crippen molar-refractivity contribution in [1.82, 2.24) is 4.98 Å². The van der Waals surface area contributed by atoms with Crippen LogP contribution in [-0.4, -0.2) is 17.9 Å². The SMILES string of the molecule is CCc1ccc(N(C)C(=O)c2nc(N)ccc2Cl)cc1. The molecular weight excluding hydrogens is 274 g/mol. The summed E-state index contributed by atoms with van der Waals surface area (Å²) in [6, 6.07) is 10.9. The van der Waals surface area contributed by atoms with Gasteiger partial charge in [0.2, 0.25) is 0 Å². The second-order valence-corrected chi connectivity index (χ2v) is 4.86. The number of nitrogens with zero attached hydrogens (tertiary/aromatic N) is 2. The van der Waals surface area contributed by atoms with Crippen molar-refractivity contribution in [2.24, 2.45) is 0 Å². The molecule has 4 nitrogen and oxygen atoms in total. The molecule has 1 heterocycles. The van der Waals surface area contributed by atoms with Crippen LogP contribution in [0.5, 0.6) is 0 Å². The quantitative estimate of drug-likeness (QED) is 0.944. The second kappa shape index (κ2) is 5.92. The van der Waals surface area contributed by atoms with E-state index in [2.05, 4.69) is 11.9 Å². The number of halogens is 1. The van der Waals surface area contributed by atoms with Gasteiger partial charge in [-0.2, -0.15) is 0 Å². The van der Waals surface area contributed by atoms with Crippen LogP contribution in [0.15, 0.2) is 36.4 Å². The number of aryl methyl sites for hydroxylation is 1. The first-order chi connectivity index (χ1) is 9.52. The summed E-state index contributed by atoms with van der Waals surface area (Å²) in [6.45, 7) is 2.08. The molecule has 0 atom stereocenters. The molecule has 0 aliphatic rings. The van der Waals surface area contributed by atoms with Gasteiger partial charge in [-0.3, -0.25) is 4.79 Å². The van der Waals surface area contributed by atoms with Gasteiger partial charge in [-0.25, -0.2) is 4.98 Å². The minimum Gasteiger partial charge on any atom is -0.384 e. The predicted molar refractivity (Wildman–Crippen MR) is 82.2 cm³/mol. The molecule has 0 aliphatic carbocycles. The van der Waals surface area contributed by atoms with Gasteiger partial charge >= 0.3 is 0 Å². The Kier molecular flexibility index (Phi) is 4.25. The summed E-state index contributed by atoms with van der Waals surface area (Å²) in [5.41, 5.74) is 7.76. The summed E-state index contributed by atoms with van der Waals surface area (Å²) in [6.07, 6.45) is 0.959. The molecule has 20 heavy (non-hydrogen) atoms. The summed E-state index contributed by atoms with van der Waals surface area (Å²) in [4.78, 5) is 17.9. The van der Waals surface area contributed by atoms with Crippen molar-refractivity contribution in [2.45, 2.75) is 13.3 Å². The van der Waals surface area contributed by atoms with E-state index in [0.29, 0.717) is 5.02 Å². The molecule has 0 aliphatic heterocycles. The highest BCUT2D eigenvalue weighted by atomic mass is 35.5. The summed E-state index contributed by atoms with van der Waals surface area (Å²) in [7, 11) is 1.69. The van der Waals surface area contributed by atoms with Gasteiger partial charge in [0, 0.05) is 12.7 Å². The third kappa shape index (κ3) is 2.91. The van der Waals surface area contributed by atoms with E-state index in [4.69, 9.17) is 17.3 Å². The van der Waals surface area contributed by atoms with Gasteiger partial charge in [0.15, 0.2) is 0 Å². The Morgan fingerprint density at radius 3 is 2.50 bits per heavy atom. The van der Waals surface area contributed by atoms with E-state index >= 15 is 0 Å². The fourth-order valence-electron chi connectivity index (χ4n) is 1.84. The number of benzene rings is 1. The molecule has 0 spiro atoms. The first-order valence-corrected chi connectivity index (χ1v) is 6.69. The van der Waals surface area contributed by atoms with Gasteiger partial charge < -0.3 is 10.6 Å². The number of aromatic nitrogens is 1. The zero-order valence-corrected chi connectivity index (χ0v) is 12.2. The molecule has 2 rings (SSSR count). The Morgan fingerprint density at radius 1 is 1.25 bits per heavy atom. The number of carbonyl (C=O) groups is 1. The lowest BCUT2D eigenvalue weighted by Gasteiger charge is -2.18.